The third-order valence-corrected chi connectivity index (χ3v) is 7.14. The summed E-state index contributed by atoms with van der Waals surface area (Å²) in [4.78, 5) is 3.77. The van der Waals surface area contributed by atoms with Crippen molar-refractivity contribution in [3.8, 4) is 0 Å². The van der Waals surface area contributed by atoms with Crippen LogP contribution in [0.1, 0.15) is 4.88 Å². The monoisotopic (exact) mass is 335 g/mol. The Balaban J connectivity index is 1.46. The van der Waals surface area contributed by atoms with Gasteiger partial charge in [-0.15, -0.1) is 11.3 Å². The third-order valence-electron chi connectivity index (χ3n) is 3.59. The standard InChI is InChI=1S/C11H14BrNO2S2/c12-10-1-11(16-5-10)4-13-2-8(3-13)9-6-17(14,15)7-9/h1,5,8-9H,2-4,6-7H2. The Morgan fingerprint density at radius 2 is 2.06 bits per heavy atom. The largest absolute Gasteiger partial charge is 0.298 e. The molecule has 0 aliphatic carbocycles. The molecule has 2 fully saturated rings. The predicted octanol–water partition coefficient (Wildman–Crippen LogP) is 1.99. The van der Waals surface area contributed by atoms with Crippen LogP contribution < -0.4 is 0 Å². The summed E-state index contributed by atoms with van der Waals surface area (Å²) in [6.07, 6.45) is 0. The van der Waals surface area contributed by atoms with E-state index in [0.717, 1.165) is 24.1 Å². The molecule has 0 N–H and O–H groups in total. The van der Waals surface area contributed by atoms with E-state index >= 15 is 0 Å². The van der Waals surface area contributed by atoms with E-state index in [2.05, 4.69) is 32.3 Å². The van der Waals surface area contributed by atoms with Crippen LogP contribution in [0.2, 0.25) is 0 Å². The lowest BCUT2D eigenvalue weighted by atomic mass is 9.87. The van der Waals surface area contributed by atoms with Gasteiger partial charge in [0.1, 0.15) is 0 Å². The van der Waals surface area contributed by atoms with E-state index in [1.165, 1.54) is 4.88 Å². The molecule has 2 aliphatic heterocycles. The van der Waals surface area contributed by atoms with Crippen LogP contribution in [-0.4, -0.2) is 37.9 Å². The van der Waals surface area contributed by atoms with Gasteiger partial charge in [0.2, 0.25) is 0 Å². The van der Waals surface area contributed by atoms with Crippen molar-refractivity contribution < 1.29 is 8.42 Å². The molecule has 0 unspecified atom stereocenters. The Labute approximate surface area is 114 Å². The predicted molar refractivity (Wildman–Crippen MR) is 72.9 cm³/mol. The first-order valence-electron chi connectivity index (χ1n) is 5.67. The number of thiophene rings is 1. The van der Waals surface area contributed by atoms with Crippen LogP contribution in [0.5, 0.6) is 0 Å². The Hall–Kier alpha value is 0.0900. The van der Waals surface area contributed by atoms with E-state index in [1.807, 2.05) is 0 Å². The first kappa shape index (κ1) is 12.1. The molecule has 0 radical (unpaired) electrons. The van der Waals surface area contributed by atoms with Gasteiger partial charge in [-0.05, 0) is 33.8 Å². The van der Waals surface area contributed by atoms with Crippen molar-refractivity contribution in [3.05, 3.63) is 20.8 Å². The highest BCUT2D eigenvalue weighted by atomic mass is 79.9. The molecule has 0 amide bonds. The Bertz CT molecular complexity index is 507. The van der Waals surface area contributed by atoms with Crippen LogP contribution in [0.4, 0.5) is 0 Å². The van der Waals surface area contributed by atoms with E-state index in [0.29, 0.717) is 23.3 Å². The molecule has 0 bridgehead atoms. The molecule has 17 heavy (non-hydrogen) atoms. The first-order chi connectivity index (χ1) is 8.02. The maximum atomic E-state index is 11.1. The summed E-state index contributed by atoms with van der Waals surface area (Å²) in [6.45, 7) is 3.14. The molecule has 0 aromatic carbocycles. The lowest BCUT2D eigenvalue weighted by Gasteiger charge is -2.46. The molecule has 0 spiro atoms. The first-order valence-corrected chi connectivity index (χ1v) is 9.17. The third kappa shape index (κ3) is 2.59. The van der Waals surface area contributed by atoms with Crippen LogP contribution in [-0.2, 0) is 16.4 Å². The molecule has 94 valence electrons. The number of sulfone groups is 1. The number of rotatable bonds is 3. The van der Waals surface area contributed by atoms with Crippen LogP contribution >= 0.6 is 27.3 Å². The minimum atomic E-state index is -2.65. The van der Waals surface area contributed by atoms with Gasteiger partial charge < -0.3 is 0 Å². The van der Waals surface area contributed by atoms with Gasteiger partial charge in [-0.25, -0.2) is 8.42 Å². The highest BCUT2D eigenvalue weighted by Crippen LogP contribution is 2.34. The molecule has 6 heteroatoms. The van der Waals surface area contributed by atoms with Gasteiger partial charge in [0.05, 0.1) is 11.5 Å². The summed E-state index contributed by atoms with van der Waals surface area (Å²) < 4.78 is 23.4. The SMILES string of the molecule is O=S1(=O)CC(C2CN(Cc3cc(Br)cs3)C2)C1. The molecular weight excluding hydrogens is 322 g/mol. The molecule has 2 saturated heterocycles. The topological polar surface area (TPSA) is 37.4 Å². The van der Waals surface area contributed by atoms with E-state index in [4.69, 9.17) is 0 Å². The van der Waals surface area contributed by atoms with E-state index < -0.39 is 9.84 Å². The van der Waals surface area contributed by atoms with Crippen LogP contribution in [0, 0.1) is 11.8 Å². The summed E-state index contributed by atoms with van der Waals surface area (Å²) in [5.74, 6) is 1.90. The van der Waals surface area contributed by atoms with E-state index in [9.17, 15) is 8.42 Å². The summed E-state index contributed by atoms with van der Waals surface area (Å²) in [7, 11) is -2.65. The summed E-state index contributed by atoms with van der Waals surface area (Å²) in [5.41, 5.74) is 0. The lowest BCUT2D eigenvalue weighted by Crippen LogP contribution is -2.55. The molecule has 0 saturated carbocycles. The second-order valence-electron chi connectivity index (χ2n) is 5.02. The molecule has 1 aromatic heterocycles. The van der Waals surface area contributed by atoms with Gasteiger partial charge in [-0.2, -0.15) is 0 Å². The Morgan fingerprint density at radius 1 is 1.35 bits per heavy atom. The van der Waals surface area contributed by atoms with Crippen LogP contribution in [0.15, 0.2) is 15.9 Å². The fourth-order valence-corrected chi connectivity index (χ4v) is 5.81. The van der Waals surface area contributed by atoms with Crippen molar-refractivity contribution in [3.63, 3.8) is 0 Å². The number of nitrogens with zero attached hydrogens (tertiary/aromatic N) is 1. The quantitative estimate of drug-likeness (QED) is 0.847. The summed E-state index contributed by atoms with van der Waals surface area (Å²) in [5, 5.41) is 2.10. The zero-order valence-electron chi connectivity index (χ0n) is 9.30. The second kappa shape index (κ2) is 4.33. The molecule has 3 rings (SSSR count). The highest BCUT2D eigenvalue weighted by Gasteiger charge is 2.43. The zero-order chi connectivity index (χ0) is 12.0. The van der Waals surface area contributed by atoms with Gasteiger partial charge >= 0.3 is 0 Å². The minimum absolute atomic E-state index is 0.427. The van der Waals surface area contributed by atoms with E-state index in [-0.39, 0.29) is 0 Å². The van der Waals surface area contributed by atoms with Crippen molar-refractivity contribution in [2.75, 3.05) is 24.6 Å². The van der Waals surface area contributed by atoms with Crippen molar-refractivity contribution in [1.29, 1.82) is 0 Å². The maximum absolute atomic E-state index is 11.1. The zero-order valence-corrected chi connectivity index (χ0v) is 12.5. The summed E-state index contributed by atoms with van der Waals surface area (Å²) in [6, 6.07) is 2.16. The molecule has 3 nitrogen and oxygen atoms in total. The average Bonchev–Trinajstić information content (AvgIpc) is 2.53. The van der Waals surface area contributed by atoms with Gasteiger partial charge in [0.15, 0.2) is 9.84 Å². The number of hydrogen-bond acceptors (Lipinski definition) is 4. The maximum Gasteiger partial charge on any atom is 0.150 e. The van der Waals surface area contributed by atoms with Crippen LogP contribution in [0.3, 0.4) is 0 Å². The second-order valence-corrected chi connectivity index (χ2v) is 9.09. The van der Waals surface area contributed by atoms with Crippen molar-refractivity contribution >= 4 is 37.1 Å². The van der Waals surface area contributed by atoms with Gasteiger partial charge in [0.25, 0.3) is 0 Å². The van der Waals surface area contributed by atoms with E-state index in [1.54, 1.807) is 11.3 Å². The Kier molecular flexibility index (Phi) is 3.09. The molecule has 2 aliphatic rings. The fraction of sp³-hybridized carbons (Fsp3) is 0.636. The molecule has 3 heterocycles. The van der Waals surface area contributed by atoms with Crippen molar-refractivity contribution in [1.82, 2.24) is 4.90 Å². The smallest absolute Gasteiger partial charge is 0.150 e. The van der Waals surface area contributed by atoms with Gasteiger partial charge in [-0.3, -0.25) is 4.90 Å². The van der Waals surface area contributed by atoms with Crippen LogP contribution in [0.25, 0.3) is 0 Å². The summed E-state index contributed by atoms with van der Waals surface area (Å²) >= 11 is 5.23. The number of likely N-dealkylation sites (tertiary alicyclic amines) is 1. The molecule has 0 atom stereocenters. The number of halogens is 1. The normalized spacial score (nSPS) is 25.5. The van der Waals surface area contributed by atoms with Crippen molar-refractivity contribution in [2.24, 2.45) is 11.8 Å². The fourth-order valence-electron chi connectivity index (χ4n) is 2.57. The minimum Gasteiger partial charge on any atom is -0.298 e. The van der Waals surface area contributed by atoms with Gasteiger partial charge in [0, 0.05) is 34.4 Å². The Morgan fingerprint density at radius 3 is 2.59 bits per heavy atom. The highest BCUT2D eigenvalue weighted by molar-refractivity contribution is 9.10. The van der Waals surface area contributed by atoms with Gasteiger partial charge in [-0.1, -0.05) is 0 Å². The van der Waals surface area contributed by atoms with Crippen molar-refractivity contribution in [2.45, 2.75) is 6.54 Å². The lowest BCUT2D eigenvalue weighted by molar-refractivity contribution is 0.0599. The average molecular weight is 336 g/mol. The molecular formula is C11H14BrNO2S2. The number of hydrogen-bond donors (Lipinski definition) is 0. The molecule has 1 aromatic rings.